The van der Waals surface area contributed by atoms with Crippen LogP contribution in [-0.2, 0) is 9.73 Å². The predicted molar refractivity (Wildman–Crippen MR) is 150 cm³/mol. The van der Waals surface area contributed by atoms with E-state index in [1.165, 1.54) is 68.8 Å². The third kappa shape index (κ3) is 6.79. The summed E-state index contributed by atoms with van der Waals surface area (Å²) in [5.41, 5.74) is 1.95. The number of benzene rings is 1. The fraction of sp³-hybridized carbons (Fsp3) is 0.185. The van der Waals surface area contributed by atoms with Crippen molar-refractivity contribution < 1.29 is 22.6 Å². The summed E-state index contributed by atoms with van der Waals surface area (Å²) in [4.78, 5) is 42.4. The molecule has 0 aliphatic heterocycles. The van der Waals surface area contributed by atoms with Crippen LogP contribution in [-0.4, -0.2) is 55.5 Å². The van der Waals surface area contributed by atoms with E-state index in [4.69, 9.17) is 8.85 Å². The van der Waals surface area contributed by atoms with Gasteiger partial charge in [0.1, 0.15) is 5.82 Å². The molecule has 0 aliphatic carbocycles. The third-order valence-corrected chi connectivity index (χ3v) is 5.89. The van der Waals surface area contributed by atoms with Crippen molar-refractivity contribution >= 4 is 44.4 Å². The predicted octanol–water partition coefficient (Wildman–Crippen LogP) is 4.89. The van der Waals surface area contributed by atoms with E-state index in [1.807, 2.05) is 0 Å². The quantitative estimate of drug-likeness (QED) is 0.279. The van der Waals surface area contributed by atoms with Gasteiger partial charge >= 0.3 is 0 Å². The number of amides is 1. The van der Waals surface area contributed by atoms with Gasteiger partial charge in [-0.3, -0.25) is 19.6 Å². The molecular weight excluding hydrogens is 518 g/mol. The Morgan fingerprint density at radius 1 is 1.05 bits per heavy atom. The van der Waals surface area contributed by atoms with E-state index in [-0.39, 0.29) is 22.9 Å². The summed E-state index contributed by atoms with van der Waals surface area (Å²) >= 11 is 0. The van der Waals surface area contributed by atoms with Crippen LogP contribution in [0.5, 0.6) is 5.75 Å². The Bertz CT molecular complexity index is 1730. The molecule has 1 aromatic carbocycles. The number of carbonyl (C=O) groups excluding carboxylic acids is 2. The molecule has 12 heteroatoms. The van der Waals surface area contributed by atoms with Gasteiger partial charge in [-0.2, -0.15) is 4.36 Å². The zero-order chi connectivity index (χ0) is 30.5. The second kappa shape index (κ2) is 11.8. The van der Waals surface area contributed by atoms with Crippen molar-refractivity contribution in [3.63, 3.8) is 0 Å². The highest BCUT2D eigenvalue weighted by molar-refractivity contribution is 7.92. The van der Waals surface area contributed by atoms with E-state index in [0.717, 1.165) is 0 Å². The average molecular weight is 549 g/mol. The van der Waals surface area contributed by atoms with E-state index >= 15 is 0 Å². The van der Waals surface area contributed by atoms with E-state index in [1.54, 1.807) is 18.2 Å². The van der Waals surface area contributed by atoms with Crippen molar-refractivity contribution in [2.45, 2.75) is 13.3 Å². The van der Waals surface area contributed by atoms with Gasteiger partial charge in [0.25, 0.3) is 5.91 Å². The van der Waals surface area contributed by atoms with Crippen LogP contribution in [0.1, 0.15) is 38.1 Å². The number of rotatable bonds is 9. The fourth-order valence-electron chi connectivity index (χ4n) is 3.57. The maximum atomic E-state index is 13.0. The smallest absolute Gasteiger partial charge is 0.256 e. The molecule has 3 heterocycles. The standard InChI is InChI=1S/C27H27N7O4S/c1-5-23(35)19-14-30-24(33-27(36)17-9-11-28-12-10-17)13-21(19)32-20-8-6-7-18(26(20)38-2)22-15-31-25(16-29-22)34-39(3,4)37/h6-16H,5H2,1-4H3,(H2,30,32,33,36)/i1D3. The molecule has 39 heavy (non-hydrogen) atoms. The van der Waals surface area contributed by atoms with E-state index in [0.29, 0.717) is 28.3 Å². The zero-order valence-corrected chi connectivity index (χ0v) is 22.2. The number of ketones is 1. The largest absolute Gasteiger partial charge is 0.494 e. The lowest BCUT2D eigenvalue weighted by molar-refractivity contribution is 0.0987. The molecule has 0 saturated heterocycles. The molecule has 3 aromatic heterocycles. The van der Waals surface area contributed by atoms with Crippen LogP contribution in [0.15, 0.2) is 71.7 Å². The minimum atomic E-state index is -2.50. The van der Waals surface area contributed by atoms with Crippen molar-refractivity contribution in [1.29, 1.82) is 0 Å². The Morgan fingerprint density at radius 2 is 1.85 bits per heavy atom. The summed E-state index contributed by atoms with van der Waals surface area (Å²) in [6.45, 7) is -2.50. The summed E-state index contributed by atoms with van der Waals surface area (Å²) in [6.07, 6.45) is 9.30. The maximum Gasteiger partial charge on any atom is 0.256 e. The number of para-hydroxylation sites is 1. The highest BCUT2D eigenvalue weighted by atomic mass is 32.2. The van der Waals surface area contributed by atoms with Gasteiger partial charge < -0.3 is 15.4 Å². The summed E-state index contributed by atoms with van der Waals surface area (Å²) in [5.74, 6) is -0.431. The number of aromatic nitrogens is 4. The number of hydrogen-bond acceptors (Lipinski definition) is 10. The van der Waals surface area contributed by atoms with Crippen LogP contribution in [0.3, 0.4) is 0 Å². The second-order valence-corrected chi connectivity index (χ2v) is 11.0. The van der Waals surface area contributed by atoms with Gasteiger partial charge in [-0.05, 0) is 24.3 Å². The molecule has 11 nitrogen and oxygen atoms in total. The summed E-state index contributed by atoms with van der Waals surface area (Å²) in [7, 11) is -0.961. The topological polar surface area (TPSA) is 148 Å². The minimum Gasteiger partial charge on any atom is -0.494 e. The second-order valence-electron chi connectivity index (χ2n) is 8.45. The van der Waals surface area contributed by atoms with Crippen molar-refractivity contribution in [3.05, 3.63) is 78.5 Å². The van der Waals surface area contributed by atoms with Crippen molar-refractivity contribution in [3.8, 4) is 17.0 Å². The normalized spacial score (nSPS) is 12.4. The molecule has 0 spiro atoms. The molecular formula is C27H27N7O4S. The van der Waals surface area contributed by atoms with E-state index in [2.05, 4.69) is 34.9 Å². The number of anilines is 3. The molecule has 0 saturated carbocycles. The molecule has 4 aromatic rings. The van der Waals surface area contributed by atoms with Crippen molar-refractivity contribution in [2.75, 3.05) is 30.3 Å². The molecule has 4 rings (SSSR count). The van der Waals surface area contributed by atoms with Gasteiger partial charge in [0, 0.05) is 68.6 Å². The van der Waals surface area contributed by atoms with Crippen LogP contribution in [0.4, 0.5) is 23.0 Å². The molecule has 0 radical (unpaired) electrons. The number of nitrogens with one attached hydrogen (secondary N) is 2. The van der Waals surface area contributed by atoms with Crippen LogP contribution in [0.25, 0.3) is 11.3 Å². The van der Waals surface area contributed by atoms with Gasteiger partial charge in [0.2, 0.25) is 0 Å². The average Bonchev–Trinajstić information content (AvgIpc) is 2.92. The number of carbonyl (C=O) groups is 2. The number of Topliss-reactive ketones (excluding diaryl/α,β-unsaturated/α-hetero) is 1. The monoisotopic (exact) mass is 548 g/mol. The maximum absolute atomic E-state index is 13.0. The van der Waals surface area contributed by atoms with Crippen LogP contribution in [0, 0.1) is 0 Å². The van der Waals surface area contributed by atoms with Gasteiger partial charge in [-0.15, -0.1) is 0 Å². The highest BCUT2D eigenvalue weighted by Gasteiger charge is 2.18. The molecule has 0 aliphatic rings. The molecule has 0 unspecified atom stereocenters. The summed E-state index contributed by atoms with van der Waals surface area (Å²) in [6, 6.07) is 9.66. The number of ether oxygens (including phenoxy) is 1. The molecule has 0 bridgehead atoms. The number of nitrogens with zero attached hydrogens (tertiary/aromatic N) is 5. The number of methoxy groups -OCH3 is 1. The molecule has 0 atom stereocenters. The lowest BCUT2D eigenvalue weighted by atomic mass is 10.1. The zero-order valence-electron chi connectivity index (χ0n) is 24.3. The lowest BCUT2D eigenvalue weighted by Crippen LogP contribution is -2.14. The van der Waals surface area contributed by atoms with Crippen LogP contribution in [0.2, 0.25) is 0 Å². The number of pyridine rings is 2. The number of hydrogen-bond donors (Lipinski definition) is 2. The first kappa shape index (κ1) is 23.4. The Hall–Kier alpha value is -4.71. The first-order chi connectivity index (χ1) is 19.8. The Balaban J connectivity index is 1.73. The third-order valence-electron chi connectivity index (χ3n) is 5.27. The highest BCUT2D eigenvalue weighted by Crippen LogP contribution is 2.38. The Kier molecular flexibility index (Phi) is 7.07. The fourth-order valence-corrected chi connectivity index (χ4v) is 4.12. The van der Waals surface area contributed by atoms with Crippen molar-refractivity contribution in [2.24, 2.45) is 4.36 Å². The first-order valence-corrected chi connectivity index (χ1v) is 13.8. The lowest BCUT2D eigenvalue weighted by Gasteiger charge is -2.17. The Morgan fingerprint density at radius 3 is 2.51 bits per heavy atom. The summed E-state index contributed by atoms with van der Waals surface area (Å²) in [5, 5.41) is 5.80. The Labute approximate surface area is 230 Å². The van der Waals surface area contributed by atoms with Crippen molar-refractivity contribution in [1.82, 2.24) is 19.9 Å². The van der Waals surface area contributed by atoms with Gasteiger partial charge in [0.05, 0.1) is 42.1 Å². The SMILES string of the molecule is [2H]C([2H])([2H])CC(=O)c1cnc(NC(=O)c2ccncc2)cc1Nc1cccc(-c2cnc(N=S(C)(C)=O)cn2)c1OC. The summed E-state index contributed by atoms with van der Waals surface area (Å²) < 4.78 is 44.3. The molecule has 200 valence electrons. The van der Waals surface area contributed by atoms with Gasteiger partial charge in [-0.25, -0.2) is 14.2 Å². The molecule has 0 fully saturated rings. The molecule has 2 N–H and O–H groups in total. The van der Waals surface area contributed by atoms with E-state index in [9.17, 15) is 13.8 Å². The van der Waals surface area contributed by atoms with Crippen LogP contribution >= 0.6 is 0 Å². The van der Waals surface area contributed by atoms with Gasteiger partial charge in [0.15, 0.2) is 17.4 Å². The molecule has 1 amide bonds. The van der Waals surface area contributed by atoms with Crippen LogP contribution < -0.4 is 15.4 Å². The first-order valence-electron chi connectivity index (χ1n) is 13.0. The minimum absolute atomic E-state index is 0.00831. The van der Waals surface area contributed by atoms with Gasteiger partial charge in [-0.1, -0.05) is 12.9 Å². The van der Waals surface area contributed by atoms with E-state index < -0.39 is 34.7 Å².